The van der Waals surface area contributed by atoms with Crippen molar-refractivity contribution in [3.8, 4) is 11.5 Å². The smallest absolute Gasteiger partial charge is 0.259 e. The maximum Gasteiger partial charge on any atom is 0.259 e. The van der Waals surface area contributed by atoms with E-state index in [2.05, 4.69) is 10.1 Å². The lowest BCUT2D eigenvalue weighted by Crippen LogP contribution is -2.41. The first-order valence-electron chi connectivity index (χ1n) is 9.50. The first-order valence-corrected chi connectivity index (χ1v) is 9.50. The molecule has 1 saturated heterocycles. The number of aryl methyl sites for hydroxylation is 1. The van der Waals surface area contributed by atoms with Crippen LogP contribution in [0.25, 0.3) is 5.65 Å². The van der Waals surface area contributed by atoms with Gasteiger partial charge in [0.05, 0.1) is 19.9 Å². The lowest BCUT2D eigenvalue weighted by atomic mass is 9.98. The van der Waals surface area contributed by atoms with Gasteiger partial charge in [0, 0.05) is 37.5 Å². The Labute approximate surface area is 163 Å². The summed E-state index contributed by atoms with van der Waals surface area (Å²) in [5.41, 5.74) is 2.15. The van der Waals surface area contributed by atoms with E-state index in [0.29, 0.717) is 30.3 Å². The van der Waals surface area contributed by atoms with Crippen LogP contribution in [0.5, 0.6) is 11.5 Å². The Bertz CT molecular complexity index is 985. The third kappa shape index (κ3) is 3.78. The predicted molar refractivity (Wildman–Crippen MR) is 105 cm³/mol. The highest BCUT2D eigenvalue weighted by Gasteiger charge is 2.27. The van der Waals surface area contributed by atoms with E-state index in [1.165, 1.54) is 0 Å². The van der Waals surface area contributed by atoms with Crippen LogP contribution in [0, 0.1) is 12.8 Å². The molecule has 146 valence electrons. The molecule has 2 aromatic heterocycles. The highest BCUT2D eigenvalue weighted by atomic mass is 16.5. The predicted octanol–water partition coefficient (Wildman–Crippen LogP) is 2.98. The standard InChI is InChI=1S/C21H24N4O3/c1-15-10-22-20-19(11-23-25(20)12-15)21(26)24-8-4-5-16(13-24)14-28-18-7-3-6-17(9-18)27-2/h3,6-7,9-12,16H,4-5,8,13-14H2,1-2H3/t16-/m0/s1. The van der Waals surface area contributed by atoms with E-state index in [0.717, 1.165) is 36.4 Å². The Hall–Kier alpha value is -3.09. The number of methoxy groups -OCH3 is 1. The minimum atomic E-state index is -0.0163. The molecule has 3 heterocycles. The number of amides is 1. The van der Waals surface area contributed by atoms with Gasteiger partial charge in [0.25, 0.3) is 5.91 Å². The third-order valence-corrected chi connectivity index (χ3v) is 5.05. The third-order valence-electron chi connectivity index (χ3n) is 5.05. The first kappa shape index (κ1) is 18.3. The van der Waals surface area contributed by atoms with Crippen LogP contribution in [0.4, 0.5) is 0 Å². The first-order chi connectivity index (χ1) is 13.6. The van der Waals surface area contributed by atoms with Crippen molar-refractivity contribution in [3.63, 3.8) is 0 Å². The molecule has 0 bridgehead atoms. The second-order valence-electron chi connectivity index (χ2n) is 7.21. The normalized spacial score (nSPS) is 16.9. The van der Waals surface area contributed by atoms with Gasteiger partial charge in [0.2, 0.25) is 0 Å². The van der Waals surface area contributed by atoms with Crippen LogP contribution < -0.4 is 9.47 Å². The number of hydrogen-bond donors (Lipinski definition) is 0. The number of ether oxygens (including phenoxy) is 2. The van der Waals surface area contributed by atoms with E-state index in [9.17, 15) is 4.79 Å². The summed E-state index contributed by atoms with van der Waals surface area (Å²) in [5.74, 6) is 1.83. The topological polar surface area (TPSA) is 69.0 Å². The summed E-state index contributed by atoms with van der Waals surface area (Å²) >= 11 is 0. The van der Waals surface area contributed by atoms with Gasteiger partial charge in [-0.15, -0.1) is 0 Å². The number of carbonyl (C=O) groups excluding carboxylic acids is 1. The van der Waals surface area contributed by atoms with Gasteiger partial charge >= 0.3 is 0 Å². The maximum absolute atomic E-state index is 13.0. The van der Waals surface area contributed by atoms with E-state index >= 15 is 0 Å². The number of fused-ring (bicyclic) bond motifs is 1. The minimum absolute atomic E-state index is 0.0163. The fourth-order valence-electron chi connectivity index (χ4n) is 3.58. The molecule has 3 aromatic rings. The lowest BCUT2D eigenvalue weighted by Gasteiger charge is -2.32. The zero-order valence-corrected chi connectivity index (χ0v) is 16.2. The van der Waals surface area contributed by atoms with E-state index < -0.39 is 0 Å². The number of benzene rings is 1. The molecule has 0 radical (unpaired) electrons. The molecule has 1 fully saturated rings. The molecule has 0 N–H and O–H groups in total. The molecule has 0 spiro atoms. The molecule has 0 unspecified atom stereocenters. The molecule has 1 aromatic carbocycles. The van der Waals surface area contributed by atoms with E-state index in [4.69, 9.17) is 9.47 Å². The lowest BCUT2D eigenvalue weighted by molar-refractivity contribution is 0.0635. The second-order valence-corrected chi connectivity index (χ2v) is 7.21. The molecule has 1 aliphatic heterocycles. The van der Waals surface area contributed by atoms with Crippen LogP contribution >= 0.6 is 0 Å². The minimum Gasteiger partial charge on any atom is -0.497 e. The zero-order valence-electron chi connectivity index (χ0n) is 16.2. The molecule has 28 heavy (non-hydrogen) atoms. The molecule has 4 rings (SSSR count). The van der Waals surface area contributed by atoms with Gasteiger partial charge in [0.1, 0.15) is 17.1 Å². The van der Waals surface area contributed by atoms with E-state index in [-0.39, 0.29) is 5.91 Å². The van der Waals surface area contributed by atoms with Crippen LogP contribution in [0.3, 0.4) is 0 Å². The summed E-state index contributed by atoms with van der Waals surface area (Å²) in [6.45, 7) is 3.94. The van der Waals surface area contributed by atoms with Crippen molar-refractivity contribution < 1.29 is 14.3 Å². The van der Waals surface area contributed by atoms with Crippen molar-refractivity contribution >= 4 is 11.6 Å². The van der Waals surface area contributed by atoms with E-state index in [1.807, 2.05) is 42.3 Å². The molecule has 0 saturated carbocycles. The van der Waals surface area contributed by atoms with Crippen molar-refractivity contribution in [2.24, 2.45) is 5.92 Å². The SMILES string of the molecule is COc1cccc(OC[C@H]2CCCN(C(=O)c3cnn4cc(C)cnc34)C2)c1. The Morgan fingerprint density at radius 2 is 2.14 bits per heavy atom. The summed E-state index contributed by atoms with van der Waals surface area (Å²) in [6.07, 6.45) is 7.25. The van der Waals surface area contributed by atoms with Gasteiger partial charge in [-0.25, -0.2) is 9.50 Å². The highest BCUT2D eigenvalue weighted by Crippen LogP contribution is 2.23. The number of carbonyl (C=O) groups is 1. The van der Waals surface area contributed by atoms with Gasteiger partial charge in [-0.05, 0) is 37.5 Å². The summed E-state index contributed by atoms with van der Waals surface area (Å²) < 4.78 is 12.8. The molecular formula is C21H24N4O3. The fraction of sp³-hybridized carbons (Fsp3) is 0.381. The van der Waals surface area contributed by atoms with Gasteiger partial charge in [-0.1, -0.05) is 6.07 Å². The fourth-order valence-corrected chi connectivity index (χ4v) is 3.58. The number of rotatable bonds is 5. The molecule has 0 aliphatic carbocycles. The highest BCUT2D eigenvalue weighted by molar-refractivity contribution is 5.99. The average molecular weight is 380 g/mol. The van der Waals surface area contributed by atoms with Crippen LogP contribution in [-0.4, -0.2) is 52.2 Å². The monoisotopic (exact) mass is 380 g/mol. The van der Waals surface area contributed by atoms with Gasteiger partial charge in [0.15, 0.2) is 5.65 Å². The van der Waals surface area contributed by atoms with Crippen molar-refractivity contribution in [1.29, 1.82) is 0 Å². The Kier molecular flexibility index (Phi) is 5.14. The van der Waals surface area contributed by atoms with Crippen LogP contribution in [0.1, 0.15) is 28.8 Å². The quantitative estimate of drug-likeness (QED) is 0.681. The van der Waals surface area contributed by atoms with Crippen molar-refractivity contribution in [2.75, 3.05) is 26.8 Å². The van der Waals surface area contributed by atoms with Crippen LogP contribution in [0.15, 0.2) is 42.9 Å². The summed E-state index contributed by atoms with van der Waals surface area (Å²) in [4.78, 5) is 19.3. The Morgan fingerprint density at radius 1 is 1.29 bits per heavy atom. The van der Waals surface area contributed by atoms with Gasteiger partial charge in [-0.2, -0.15) is 5.10 Å². The number of piperidine rings is 1. The summed E-state index contributed by atoms with van der Waals surface area (Å²) in [7, 11) is 1.64. The number of hydrogen-bond acceptors (Lipinski definition) is 5. The Morgan fingerprint density at radius 3 is 3.00 bits per heavy atom. The van der Waals surface area contributed by atoms with Crippen molar-refractivity contribution in [1.82, 2.24) is 19.5 Å². The zero-order chi connectivity index (χ0) is 19.5. The van der Waals surface area contributed by atoms with Crippen molar-refractivity contribution in [3.05, 3.63) is 54.0 Å². The Balaban J connectivity index is 1.42. The summed E-state index contributed by atoms with van der Waals surface area (Å²) in [5, 5.41) is 4.28. The van der Waals surface area contributed by atoms with Crippen LogP contribution in [-0.2, 0) is 0 Å². The second kappa shape index (κ2) is 7.88. The molecule has 1 amide bonds. The molecule has 1 aliphatic rings. The average Bonchev–Trinajstić information content (AvgIpc) is 3.15. The summed E-state index contributed by atoms with van der Waals surface area (Å²) in [6, 6.07) is 7.59. The van der Waals surface area contributed by atoms with Crippen molar-refractivity contribution in [2.45, 2.75) is 19.8 Å². The molecule has 7 heteroatoms. The number of aromatic nitrogens is 3. The maximum atomic E-state index is 13.0. The largest absolute Gasteiger partial charge is 0.497 e. The van der Waals surface area contributed by atoms with Crippen LogP contribution in [0.2, 0.25) is 0 Å². The molecule has 1 atom stereocenters. The molecule has 7 nitrogen and oxygen atoms in total. The van der Waals surface area contributed by atoms with E-state index in [1.54, 1.807) is 24.0 Å². The van der Waals surface area contributed by atoms with Gasteiger partial charge < -0.3 is 14.4 Å². The molecular weight excluding hydrogens is 356 g/mol. The number of likely N-dealkylation sites (tertiary alicyclic amines) is 1. The number of nitrogens with zero attached hydrogens (tertiary/aromatic N) is 4. The van der Waals surface area contributed by atoms with Gasteiger partial charge in [-0.3, -0.25) is 4.79 Å².